The van der Waals surface area contributed by atoms with Crippen LogP contribution in [-0.4, -0.2) is 44.2 Å². The Morgan fingerprint density at radius 3 is 0.743 bits per heavy atom. The van der Waals surface area contributed by atoms with Crippen molar-refractivity contribution < 1.29 is 56.2 Å². The maximum absolute atomic E-state index is 11.5. The molecule has 0 saturated heterocycles. The molecule has 6 nitrogen and oxygen atoms in total. The first kappa shape index (κ1) is 44.2. The van der Waals surface area contributed by atoms with Gasteiger partial charge in [0, 0.05) is 72.2 Å². The van der Waals surface area contributed by atoms with Gasteiger partial charge in [-0.15, -0.1) is 0 Å². The molecule has 0 saturated carbocycles. The summed E-state index contributed by atoms with van der Waals surface area (Å²) in [5.41, 5.74) is -1.53. The Morgan fingerprint density at radius 2 is 0.657 bits per heavy atom. The normalized spacial score (nSPS) is 12.8. The molecule has 0 aliphatic rings. The summed E-state index contributed by atoms with van der Waals surface area (Å²) in [5, 5.41) is 35.2. The van der Waals surface area contributed by atoms with Crippen LogP contribution in [0.1, 0.15) is 111 Å². The number of carbonyl (C=O) groups is 2. The van der Waals surface area contributed by atoms with Crippen molar-refractivity contribution in [2.45, 2.75) is 123 Å². The number of aliphatic hydroxyl groups excluding tert-OH is 4. The quantitative estimate of drug-likeness (QED) is 0.208. The predicted molar refractivity (Wildman–Crippen MR) is 144 cm³/mol. The van der Waals surface area contributed by atoms with Gasteiger partial charge >= 0.3 is 0 Å². The molecular formula is C28H56O6Zr. The zero-order chi connectivity index (χ0) is 28.9. The molecule has 0 amide bonds. The van der Waals surface area contributed by atoms with E-state index in [1.165, 1.54) is 12.2 Å². The first-order valence-electron chi connectivity index (χ1n) is 11.8. The molecule has 0 fully saturated rings. The second-order valence-corrected chi connectivity index (χ2v) is 13.0. The molecule has 0 aromatic carbocycles. The molecule has 0 aliphatic heterocycles. The second kappa shape index (κ2) is 18.5. The van der Waals surface area contributed by atoms with Gasteiger partial charge < -0.3 is 20.4 Å². The van der Waals surface area contributed by atoms with Gasteiger partial charge in [0.15, 0.2) is 11.6 Å². The van der Waals surface area contributed by atoms with Crippen LogP contribution in [0.4, 0.5) is 0 Å². The van der Waals surface area contributed by atoms with Crippen LogP contribution in [0.5, 0.6) is 0 Å². The van der Waals surface area contributed by atoms with Crippen LogP contribution in [0.15, 0.2) is 23.7 Å². The Morgan fingerprint density at radius 1 is 0.514 bits per heavy atom. The number of ketones is 2. The average molecular weight is 580 g/mol. The molecule has 0 unspecified atom stereocenters. The number of allylic oxidation sites excluding steroid dienone is 4. The Kier molecular flexibility index (Phi) is 23.3. The number of hydrogen-bond acceptors (Lipinski definition) is 6. The largest absolute Gasteiger partial charge is 0.512 e. The van der Waals surface area contributed by atoms with E-state index in [0.717, 1.165) is 0 Å². The van der Waals surface area contributed by atoms with Crippen molar-refractivity contribution in [1.29, 1.82) is 0 Å². The van der Waals surface area contributed by atoms with Crippen molar-refractivity contribution >= 4 is 11.6 Å². The Bertz CT molecular complexity index is 583. The minimum Gasteiger partial charge on any atom is -0.512 e. The van der Waals surface area contributed by atoms with E-state index in [1.54, 1.807) is 27.7 Å². The molecule has 0 spiro atoms. The van der Waals surface area contributed by atoms with Crippen LogP contribution in [0.2, 0.25) is 0 Å². The van der Waals surface area contributed by atoms with Crippen molar-refractivity contribution in [2.75, 3.05) is 0 Å². The summed E-state index contributed by atoms with van der Waals surface area (Å²) in [6, 6.07) is 0. The molecular weight excluding hydrogens is 524 g/mol. The van der Waals surface area contributed by atoms with Crippen LogP contribution < -0.4 is 0 Å². The van der Waals surface area contributed by atoms with E-state index in [0.29, 0.717) is 0 Å². The van der Waals surface area contributed by atoms with Gasteiger partial charge in [-0.3, -0.25) is 9.59 Å². The van der Waals surface area contributed by atoms with Crippen LogP contribution in [0.3, 0.4) is 0 Å². The summed E-state index contributed by atoms with van der Waals surface area (Å²) in [6.45, 7) is 29.1. The topological polar surface area (TPSA) is 115 Å². The molecule has 35 heavy (non-hydrogen) atoms. The van der Waals surface area contributed by atoms with E-state index in [4.69, 9.17) is 10.2 Å². The van der Waals surface area contributed by atoms with E-state index in [-0.39, 0.29) is 72.3 Å². The summed E-state index contributed by atoms with van der Waals surface area (Å²) < 4.78 is 0. The smallest absolute Gasteiger partial charge is 0.164 e. The second-order valence-electron chi connectivity index (χ2n) is 13.0. The maximum Gasteiger partial charge on any atom is 0.164 e. The fourth-order valence-corrected chi connectivity index (χ4v) is 1.11. The van der Waals surface area contributed by atoms with E-state index < -0.39 is 10.8 Å². The minimum absolute atomic E-state index is 0. The van der Waals surface area contributed by atoms with Gasteiger partial charge in [-0.2, -0.15) is 0 Å². The van der Waals surface area contributed by atoms with E-state index in [2.05, 4.69) is 0 Å². The van der Waals surface area contributed by atoms with Crippen molar-refractivity contribution in [3.05, 3.63) is 23.7 Å². The Balaban J connectivity index is -0.000000128. The standard InChI is InChI=1S/2C11H20O2.2C3H8O.Zr/c2*1-10(2,3)8(12)7-9(13)11(4,5)6;2*1-3(2)4;/h2*7,12H,1-6H3;2*3-4H,1-2H3;/b2*8-7+;;;. The van der Waals surface area contributed by atoms with Gasteiger partial charge in [0.25, 0.3) is 0 Å². The van der Waals surface area contributed by atoms with E-state index >= 15 is 0 Å². The van der Waals surface area contributed by atoms with Crippen molar-refractivity contribution in [3.8, 4) is 0 Å². The molecule has 4 N–H and O–H groups in total. The van der Waals surface area contributed by atoms with Gasteiger partial charge in [-0.1, -0.05) is 83.1 Å². The van der Waals surface area contributed by atoms with Crippen LogP contribution in [-0.2, 0) is 35.8 Å². The summed E-state index contributed by atoms with van der Waals surface area (Å²) >= 11 is 0. The molecule has 7 heteroatoms. The third kappa shape index (κ3) is 33.2. The third-order valence-electron chi connectivity index (χ3n) is 3.55. The molecule has 0 aliphatic carbocycles. The Hall–Kier alpha value is -0.777. The fourth-order valence-electron chi connectivity index (χ4n) is 1.11. The molecule has 0 rings (SSSR count). The summed E-state index contributed by atoms with van der Waals surface area (Å²) in [7, 11) is 0. The maximum atomic E-state index is 11.5. The molecule has 0 aromatic rings. The number of aliphatic hydroxyl groups is 4. The summed E-state index contributed by atoms with van der Waals surface area (Å²) in [4.78, 5) is 23.0. The van der Waals surface area contributed by atoms with Crippen LogP contribution in [0.25, 0.3) is 0 Å². The van der Waals surface area contributed by atoms with E-state index in [9.17, 15) is 19.8 Å². The summed E-state index contributed by atoms with van der Waals surface area (Å²) in [6.07, 6.45) is 2.33. The summed E-state index contributed by atoms with van der Waals surface area (Å²) in [5.74, 6) is 0.208. The average Bonchev–Trinajstić information content (AvgIpc) is 2.50. The number of rotatable bonds is 2. The van der Waals surface area contributed by atoms with Gasteiger partial charge in [0.05, 0.1) is 0 Å². The van der Waals surface area contributed by atoms with Crippen LogP contribution >= 0.6 is 0 Å². The van der Waals surface area contributed by atoms with Gasteiger partial charge in [-0.05, 0) is 27.7 Å². The minimum atomic E-state index is -0.417. The van der Waals surface area contributed by atoms with Gasteiger partial charge in [0.1, 0.15) is 11.5 Å². The SMILES string of the molecule is CC(C)(C)C(=O)/C=C(/O)C(C)(C)C.CC(C)(C)C(=O)/C=C(/O)C(C)(C)C.CC(C)O.CC(C)O.[Zr]. The molecule has 0 atom stereocenters. The number of carbonyl (C=O) groups excluding carboxylic acids is 2. The Labute approximate surface area is 235 Å². The monoisotopic (exact) mass is 578 g/mol. The predicted octanol–water partition coefficient (Wildman–Crippen LogP) is 6.95. The van der Waals surface area contributed by atoms with Gasteiger partial charge in [0.2, 0.25) is 0 Å². The fraction of sp³-hybridized carbons (Fsp3) is 0.786. The molecule has 0 bridgehead atoms. The van der Waals surface area contributed by atoms with Crippen molar-refractivity contribution in [2.24, 2.45) is 21.7 Å². The van der Waals surface area contributed by atoms with Crippen molar-refractivity contribution in [1.82, 2.24) is 0 Å². The first-order valence-corrected chi connectivity index (χ1v) is 11.8. The zero-order valence-corrected chi connectivity index (χ0v) is 27.9. The molecule has 0 radical (unpaired) electrons. The van der Waals surface area contributed by atoms with E-state index in [1.807, 2.05) is 83.1 Å². The van der Waals surface area contributed by atoms with Crippen LogP contribution in [0, 0.1) is 21.7 Å². The molecule has 0 heterocycles. The first-order chi connectivity index (χ1) is 14.6. The molecule has 0 aromatic heterocycles. The number of hydrogen-bond donors (Lipinski definition) is 4. The third-order valence-corrected chi connectivity index (χ3v) is 3.55. The van der Waals surface area contributed by atoms with Crippen molar-refractivity contribution in [3.63, 3.8) is 0 Å². The zero-order valence-electron chi connectivity index (χ0n) is 25.4. The molecule has 208 valence electrons. The van der Waals surface area contributed by atoms with Gasteiger partial charge in [-0.25, -0.2) is 0 Å².